The van der Waals surface area contributed by atoms with Gasteiger partial charge in [-0.05, 0) is 62.9 Å². The van der Waals surface area contributed by atoms with Gasteiger partial charge in [0, 0.05) is 48.6 Å². The summed E-state index contributed by atoms with van der Waals surface area (Å²) in [5, 5.41) is 14.8. The Kier molecular flexibility index (Phi) is 8.55. The number of hydrogen-bond donors (Lipinski definition) is 1. The number of rotatable bonds is 6. The fraction of sp³-hybridized carbons (Fsp3) is 0.417. The van der Waals surface area contributed by atoms with Crippen molar-refractivity contribution >= 4 is 60.7 Å². The van der Waals surface area contributed by atoms with Crippen molar-refractivity contribution in [3.63, 3.8) is 0 Å². The molecule has 5 aromatic rings. The molecular formula is C36H34ClF3N8O2S. The maximum atomic E-state index is 17.2. The molecule has 2 aromatic carbocycles. The number of benzene rings is 2. The largest absolute Gasteiger partial charge is 0.461 e. The third-order valence-corrected chi connectivity index (χ3v) is 11.9. The highest BCUT2D eigenvalue weighted by Crippen LogP contribution is 2.46. The average molecular weight is 735 g/mol. The lowest BCUT2D eigenvalue weighted by molar-refractivity contribution is 0.0815. The maximum Gasteiger partial charge on any atom is 0.319 e. The Hall–Kier alpha value is -4.45. The molecule has 3 fully saturated rings. The number of nitrogens with two attached hydrogens (primary N) is 1. The molecule has 51 heavy (non-hydrogen) atoms. The number of nitrogen functional groups attached to an aromatic ring is 1. The van der Waals surface area contributed by atoms with Crippen molar-refractivity contribution in [1.29, 1.82) is 5.26 Å². The zero-order valence-corrected chi connectivity index (χ0v) is 29.3. The quantitative estimate of drug-likeness (QED) is 0.191. The lowest BCUT2D eigenvalue weighted by atomic mass is 9.95. The van der Waals surface area contributed by atoms with Gasteiger partial charge in [-0.2, -0.15) is 20.3 Å². The monoisotopic (exact) mass is 734 g/mol. The van der Waals surface area contributed by atoms with Crippen molar-refractivity contribution in [2.24, 2.45) is 5.92 Å². The van der Waals surface area contributed by atoms with E-state index in [1.165, 1.54) is 16.8 Å². The van der Waals surface area contributed by atoms with E-state index in [2.05, 4.69) is 15.0 Å². The molecule has 6 heterocycles. The van der Waals surface area contributed by atoms with E-state index in [9.17, 15) is 18.8 Å². The van der Waals surface area contributed by atoms with E-state index < -0.39 is 29.3 Å². The molecule has 15 heteroatoms. The minimum atomic E-state index is -0.966. The van der Waals surface area contributed by atoms with Gasteiger partial charge in [0.2, 0.25) is 0 Å². The Balaban J connectivity index is 1.27. The number of hydrogen-bond acceptors (Lipinski definition) is 10. The highest BCUT2D eigenvalue weighted by atomic mass is 35.5. The molecular weight excluding hydrogens is 701 g/mol. The van der Waals surface area contributed by atoms with Crippen LogP contribution < -0.4 is 15.4 Å². The summed E-state index contributed by atoms with van der Waals surface area (Å²) in [6.07, 6.45) is 4.86. The van der Waals surface area contributed by atoms with Crippen molar-refractivity contribution in [3.8, 4) is 23.2 Å². The summed E-state index contributed by atoms with van der Waals surface area (Å²) < 4.78 is 54.5. The minimum Gasteiger partial charge on any atom is -0.461 e. The SMILES string of the molecule is Cc1ccn(C(=O)C2CCCCN(c3nc(OC[C@@]45CCCN4C[C@H](F)C5)nc4c(F)c(-c5ccc(F)c6sc(N)c(C#N)c56)c(Cl)cc34)C2)n1. The second kappa shape index (κ2) is 13.0. The molecule has 0 radical (unpaired) electrons. The van der Waals surface area contributed by atoms with Crippen LogP contribution >= 0.6 is 22.9 Å². The van der Waals surface area contributed by atoms with Gasteiger partial charge >= 0.3 is 6.01 Å². The summed E-state index contributed by atoms with van der Waals surface area (Å²) in [7, 11) is 0. The average Bonchev–Trinajstić information content (AvgIpc) is 3.82. The van der Waals surface area contributed by atoms with Crippen molar-refractivity contribution in [2.75, 3.05) is 43.4 Å². The number of halogens is 4. The van der Waals surface area contributed by atoms with Gasteiger partial charge in [-0.25, -0.2) is 17.9 Å². The molecule has 3 saturated heterocycles. The van der Waals surface area contributed by atoms with Gasteiger partial charge < -0.3 is 15.4 Å². The van der Waals surface area contributed by atoms with E-state index >= 15 is 4.39 Å². The fourth-order valence-corrected chi connectivity index (χ4v) is 9.37. The predicted octanol–water partition coefficient (Wildman–Crippen LogP) is 7.30. The minimum absolute atomic E-state index is 0.00465. The molecule has 0 aliphatic carbocycles. The van der Waals surface area contributed by atoms with Crippen molar-refractivity contribution in [3.05, 3.63) is 58.4 Å². The van der Waals surface area contributed by atoms with Crippen LogP contribution in [0.15, 0.2) is 30.5 Å². The van der Waals surface area contributed by atoms with Crippen LogP contribution in [0, 0.1) is 35.8 Å². The van der Waals surface area contributed by atoms with Crippen LogP contribution in [0.5, 0.6) is 6.01 Å². The van der Waals surface area contributed by atoms with Gasteiger partial charge in [0.15, 0.2) is 5.82 Å². The van der Waals surface area contributed by atoms with Crippen LogP contribution in [0.4, 0.5) is 24.0 Å². The number of ether oxygens (including phenoxy) is 1. The smallest absolute Gasteiger partial charge is 0.319 e. The van der Waals surface area contributed by atoms with Gasteiger partial charge in [0.05, 0.1) is 32.4 Å². The fourth-order valence-electron chi connectivity index (χ4n) is 8.13. The summed E-state index contributed by atoms with van der Waals surface area (Å²) in [5.74, 6) is -1.64. The van der Waals surface area contributed by atoms with E-state index in [0.717, 1.165) is 49.3 Å². The zero-order chi connectivity index (χ0) is 35.6. The lowest BCUT2D eigenvalue weighted by Crippen LogP contribution is -2.43. The van der Waals surface area contributed by atoms with Gasteiger partial charge in [-0.15, -0.1) is 11.3 Å². The first-order valence-corrected chi connectivity index (χ1v) is 18.2. The van der Waals surface area contributed by atoms with E-state index in [-0.39, 0.29) is 67.4 Å². The lowest BCUT2D eigenvalue weighted by Gasteiger charge is -2.31. The molecule has 1 unspecified atom stereocenters. The number of aromatic nitrogens is 4. The first-order chi connectivity index (χ1) is 24.6. The van der Waals surface area contributed by atoms with Crippen molar-refractivity contribution in [1.82, 2.24) is 24.6 Å². The molecule has 264 valence electrons. The normalized spacial score (nSPS) is 22.4. The van der Waals surface area contributed by atoms with Gasteiger partial charge in [-0.3, -0.25) is 9.69 Å². The van der Waals surface area contributed by atoms with Crippen LogP contribution in [0.2, 0.25) is 5.02 Å². The highest BCUT2D eigenvalue weighted by Gasteiger charge is 2.49. The Bertz CT molecular complexity index is 2260. The Morgan fingerprint density at radius 1 is 1.20 bits per heavy atom. The number of aryl methyl sites for hydroxylation is 1. The highest BCUT2D eigenvalue weighted by molar-refractivity contribution is 7.23. The third kappa shape index (κ3) is 5.75. The number of carbonyl (C=O) groups is 1. The number of nitriles is 1. The topological polar surface area (TPSA) is 126 Å². The second-order valence-electron chi connectivity index (χ2n) is 13.8. The summed E-state index contributed by atoms with van der Waals surface area (Å²) >= 11 is 7.80. The van der Waals surface area contributed by atoms with E-state index in [1.807, 2.05) is 17.9 Å². The number of nitrogens with zero attached hydrogens (tertiary/aromatic N) is 7. The number of alkyl halides is 1. The first-order valence-electron chi connectivity index (χ1n) is 17.0. The Morgan fingerprint density at radius 3 is 2.82 bits per heavy atom. The van der Waals surface area contributed by atoms with E-state index in [1.54, 1.807) is 18.3 Å². The van der Waals surface area contributed by atoms with Crippen LogP contribution in [0.3, 0.4) is 0 Å². The number of carbonyl (C=O) groups excluding carboxylic acids is 1. The molecule has 0 spiro atoms. The molecule has 0 amide bonds. The molecule has 10 nitrogen and oxygen atoms in total. The second-order valence-corrected chi connectivity index (χ2v) is 15.2. The molecule has 3 aliphatic rings. The zero-order valence-electron chi connectivity index (χ0n) is 27.8. The van der Waals surface area contributed by atoms with Gasteiger partial charge in [0.1, 0.15) is 41.0 Å². The molecule has 0 bridgehead atoms. The van der Waals surface area contributed by atoms with Crippen molar-refractivity contribution < 1.29 is 22.7 Å². The summed E-state index contributed by atoms with van der Waals surface area (Å²) in [5.41, 5.74) is 6.36. The number of fused-ring (bicyclic) bond motifs is 3. The van der Waals surface area contributed by atoms with Gasteiger partial charge in [-0.1, -0.05) is 24.1 Å². The van der Waals surface area contributed by atoms with Gasteiger partial charge in [0.25, 0.3) is 5.91 Å². The molecule has 2 N–H and O–H groups in total. The van der Waals surface area contributed by atoms with Crippen LogP contribution in [-0.4, -0.2) is 75.1 Å². The molecule has 3 atom stereocenters. The first kappa shape index (κ1) is 33.7. The summed E-state index contributed by atoms with van der Waals surface area (Å²) in [4.78, 5) is 27.0. The predicted molar refractivity (Wildman–Crippen MR) is 190 cm³/mol. The van der Waals surface area contributed by atoms with Crippen LogP contribution in [0.25, 0.3) is 32.1 Å². The Morgan fingerprint density at radius 2 is 2.04 bits per heavy atom. The van der Waals surface area contributed by atoms with E-state index in [0.29, 0.717) is 37.1 Å². The van der Waals surface area contributed by atoms with Crippen LogP contribution in [0.1, 0.15) is 54.6 Å². The maximum absolute atomic E-state index is 17.2. The standard InChI is InChI=1S/C36H34ClF3N8O2S/c1-19-8-12-48(45-19)34(49)20-5-2-3-10-46(16-20)33-23-13-25(37)28(22-6-7-26(39)31-27(22)24(15-41)32(42)51-31)29(40)30(23)43-35(44-33)50-18-36-9-4-11-47(36)17-21(38)14-36/h6-8,12-13,20-21H,2-5,9-11,14,16-18,42H2,1H3/t20?,21-,36+/m1/s1. The van der Waals surface area contributed by atoms with E-state index in [4.69, 9.17) is 27.1 Å². The molecule has 0 saturated carbocycles. The molecule has 8 rings (SSSR count). The number of anilines is 2. The van der Waals surface area contributed by atoms with Crippen molar-refractivity contribution in [2.45, 2.75) is 57.2 Å². The Labute approximate surface area is 300 Å². The number of thiophene rings is 1. The third-order valence-electron chi connectivity index (χ3n) is 10.5. The summed E-state index contributed by atoms with van der Waals surface area (Å²) in [6.45, 7) is 3.86. The summed E-state index contributed by atoms with van der Waals surface area (Å²) in [6, 6.07) is 7.84. The van der Waals surface area contributed by atoms with Crippen LogP contribution in [-0.2, 0) is 0 Å². The molecule has 3 aromatic heterocycles. The molecule has 3 aliphatic heterocycles.